The molecule has 0 fully saturated rings. The number of aryl methyl sites for hydroxylation is 2. The van der Waals surface area contributed by atoms with E-state index in [4.69, 9.17) is 0 Å². The first-order chi connectivity index (χ1) is 6.79. The first-order valence-corrected chi connectivity index (χ1v) is 4.90. The van der Waals surface area contributed by atoms with Crippen molar-refractivity contribution in [1.29, 1.82) is 0 Å². The molecule has 0 nitrogen and oxygen atoms in total. The largest absolute Gasteiger partial charge is 0.0622 e. The lowest BCUT2D eigenvalue weighted by molar-refractivity contribution is 1.48. The standard InChI is InChI=1S/C7H6.C7H8/c1-5-6-3-2-4-7(5)6;1-7-5-3-2-4-6-7/h2-4H,1H3;2-6H,1H3. The van der Waals surface area contributed by atoms with Crippen molar-refractivity contribution in [3.8, 4) is 11.1 Å². The minimum atomic E-state index is 1.32. The fourth-order valence-corrected chi connectivity index (χ4v) is 1.53. The molecule has 2 aliphatic carbocycles. The quantitative estimate of drug-likeness (QED) is 0.493. The summed E-state index contributed by atoms with van der Waals surface area (Å²) in [5.41, 5.74) is 5.75. The molecule has 70 valence electrons. The molecular weight excluding hydrogens is 168 g/mol. The SMILES string of the molecule is Cc1c2cccc1-2.Cc1ccccc1. The molecule has 0 aliphatic heterocycles. The molecular formula is C14H14. The van der Waals surface area contributed by atoms with E-state index in [0.717, 1.165) is 0 Å². The lowest BCUT2D eigenvalue weighted by atomic mass is 10.2. The van der Waals surface area contributed by atoms with Crippen molar-refractivity contribution in [2.45, 2.75) is 13.8 Å². The van der Waals surface area contributed by atoms with E-state index in [1.165, 1.54) is 22.3 Å². The molecule has 0 radical (unpaired) electrons. The summed E-state index contributed by atoms with van der Waals surface area (Å²) in [6.45, 7) is 4.24. The van der Waals surface area contributed by atoms with E-state index >= 15 is 0 Å². The van der Waals surface area contributed by atoms with E-state index in [9.17, 15) is 0 Å². The van der Waals surface area contributed by atoms with Crippen molar-refractivity contribution in [2.75, 3.05) is 0 Å². The first kappa shape index (κ1) is 9.01. The molecule has 0 atom stereocenters. The van der Waals surface area contributed by atoms with Crippen LogP contribution in [0, 0.1) is 13.8 Å². The highest BCUT2D eigenvalue weighted by molar-refractivity contribution is 5.88. The predicted octanol–water partition coefficient (Wildman–Crippen LogP) is 3.97. The van der Waals surface area contributed by atoms with E-state index in [1.807, 2.05) is 18.2 Å². The van der Waals surface area contributed by atoms with Gasteiger partial charge >= 0.3 is 0 Å². The second-order valence-electron chi connectivity index (χ2n) is 3.63. The van der Waals surface area contributed by atoms with Crippen molar-refractivity contribution in [3.63, 3.8) is 0 Å². The first-order valence-electron chi connectivity index (χ1n) is 4.90. The van der Waals surface area contributed by atoms with Crippen LogP contribution in [-0.4, -0.2) is 0 Å². The van der Waals surface area contributed by atoms with Crippen LogP contribution in [0.2, 0.25) is 0 Å². The maximum atomic E-state index is 2.16. The van der Waals surface area contributed by atoms with E-state index in [-0.39, 0.29) is 0 Å². The Bertz CT molecular complexity index is 407. The van der Waals surface area contributed by atoms with E-state index in [2.05, 4.69) is 44.2 Å². The van der Waals surface area contributed by atoms with E-state index in [0.29, 0.717) is 0 Å². The molecule has 0 N–H and O–H groups in total. The Morgan fingerprint density at radius 3 is 1.50 bits per heavy atom. The van der Waals surface area contributed by atoms with Gasteiger partial charge in [0.15, 0.2) is 0 Å². The minimum absolute atomic E-state index is 1.32. The summed E-state index contributed by atoms with van der Waals surface area (Å²) in [5, 5.41) is 0. The summed E-state index contributed by atoms with van der Waals surface area (Å²) in [5.74, 6) is 0. The Hall–Kier alpha value is -1.56. The Morgan fingerprint density at radius 1 is 0.643 bits per heavy atom. The molecule has 2 aliphatic rings. The van der Waals surface area contributed by atoms with Crippen LogP contribution in [0.1, 0.15) is 11.1 Å². The lowest BCUT2D eigenvalue weighted by Gasteiger charge is -1.82. The fraction of sp³-hybridized carbons (Fsp3) is 0.143. The molecule has 0 spiro atoms. The molecule has 0 heteroatoms. The highest BCUT2D eigenvalue weighted by Gasteiger charge is 2.17. The van der Waals surface area contributed by atoms with Crippen LogP contribution in [0.5, 0.6) is 0 Å². The van der Waals surface area contributed by atoms with Gasteiger partial charge in [-0.2, -0.15) is 0 Å². The molecule has 0 saturated carbocycles. The Balaban J connectivity index is 0.000000107. The van der Waals surface area contributed by atoms with Gasteiger partial charge in [0.05, 0.1) is 0 Å². The zero-order chi connectivity index (χ0) is 9.97. The molecule has 0 amide bonds. The molecule has 0 heterocycles. The second-order valence-corrected chi connectivity index (χ2v) is 3.63. The third-order valence-electron chi connectivity index (χ3n) is 2.50. The normalized spacial score (nSPS) is 10.1. The van der Waals surface area contributed by atoms with Gasteiger partial charge in [0.2, 0.25) is 0 Å². The molecule has 1 aromatic carbocycles. The van der Waals surface area contributed by atoms with Crippen LogP contribution in [0.25, 0.3) is 11.1 Å². The highest BCUT2D eigenvalue weighted by Crippen LogP contribution is 2.40. The maximum Gasteiger partial charge on any atom is -0.0146 e. The summed E-state index contributed by atoms with van der Waals surface area (Å²) in [4.78, 5) is 0. The second kappa shape index (κ2) is 3.67. The Morgan fingerprint density at radius 2 is 1.21 bits per heavy atom. The van der Waals surface area contributed by atoms with Crippen molar-refractivity contribution in [3.05, 3.63) is 59.7 Å². The van der Waals surface area contributed by atoms with Crippen molar-refractivity contribution >= 4 is 0 Å². The van der Waals surface area contributed by atoms with Crippen LogP contribution in [0.15, 0.2) is 48.5 Å². The average molecular weight is 182 g/mol. The molecule has 0 unspecified atom stereocenters. The number of rotatable bonds is 0. The summed E-state index contributed by atoms with van der Waals surface area (Å²) >= 11 is 0. The molecule has 0 aromatic heterocycles. The topological polar surface area (TPSA) is 0 Å². The highest BCUT2D eigenvalue weighted by atomic mass is 14.2. The van der Waals surface area contributed by atoms with Gasteiger partial charge in [-0.15, -0.1) is 0 Å². The third kappa shape index (κ3) is 1.85. The number of benzene rings is 2. The Labute approximate surface area is 85.2 Å². The number of fused-ring (bicyclic) bond motifs is 1. The van der Waals surface area contributed by atoms with Crippen molar-refractivity contribution in [1.82, 2.24) is 0 Å². The monoisotopic (exact) mass is 182 g/mol. The maximum absolute atomic E-state index is 2.16. The van der Waals surface area contributed by atoms with Crippen LogP contribution in [0.3, 0.4) is 0 Å². The molecule has 0 saturated heterocycles. The van der Waals surface area contributed by atoms with Gasteiger partial charge in [-0.25, -0.2) is 0 Å². The number of hydrogen-bond acceptors (Lipinski definition) is 0. The zero-order valence-electron chi connectivity index (χ0n) is 8.62. The smallest absolute Gasteiger partial charge is 0.0146 e. The summed E-state index contributed by atoms with van der Waals surface area (Å²) < 4.78 is 0. The Kier molecular flexibility index (Phi) is 2.36. The van der Waals surface area contributed by atoms with Gasteiger partial charge in [-0.3, -0.25) is 0 Å². The van der Waals surface area contributed by atoms with Crippen LogP contribution >= 0.6 is 0 Å². The lowest BCUT2D eigenvalue weighted by Crippen LogP contribution is -1.62. The van der Waals surface area contributed by atoms with Crippen LogP contribution in [-0.2, 0) is 0 Å². The van der Waals surface area contributed by atoms with Crippen LogP contribution < -0.4 is 0 Å². The van der Waals surface area contributed by atoms with E-state index < -0.39 is 0 Å². The fourth-order valence-electron chi connectivity index (χ4n) is 1.53. The van der Waals surface area contributed by atoms with Gasteiger partial charge in [0, 0.05) is 0 Å². The molecule has 0 bridgehead atoms. The van der Waals surface area contributed by atoms with Gasteiger partial charge in [-0.05, 0) is 30.5 Å². The van der Waals surface area contributed by atoms with Gasteiger partial charge < -0.3 is 0 Å². The molecule has 3 rings (SSSR count). The third-order valence-corrected chi connectivity index (χ3v) is 2.50. The predicted molar refractivity (Wildman–Crippen MR) is 61.4 cm³/mol. The molecule has 14 heavy (non-hydrogen) atoms. The average Bonchev–Trinajstić information content (AvgIpc) is 2.68. The summed E-state index contributed by atoms with van der Waals surface area (Å²) in [6, 6.07) is 16.7. The summed E-state index contributed by atoms with van der Waals surface area (Å²) in [7, 11) is 0. The number of hydrogen-bond donors (Lipinski definition) is 0. The summed E-state index contributed by atoms with van der Waals surface area (Å²) in [6.07, 6.45) is 0. The van der Waals surface area contributed by atoms with Crippen LogP contribution in [0.4, 0.5) is 0 Å². The minimum Gasteiger partial charge on any atom is -0.0622 e. The zero-order valence-corrected chi connectivity index (χ0v) is 8.62. The van der Waals surface area contributed by atoms with E-state index in [1.54, 1.807) is 0 Å². The van der Waals surface area contributed by atoms with Crippen molar-refractivity contribution in [2.24, 2.45) is 0 Å². The molecule has 1 aromatic rings. The van der Waals surface area contributed by atoms with Gasteiger partial charge in [-0.1, -0.05) is 54.1 Å². The van der Waals surface area contributed by atoms with Gasteiger partial charge in [0.1, 0.15) is 0 Å². The van der Waals surface area contributed by atoms with Crippen molar-refractivity contribution < 1.29 is 0 Å². The van der Waals surface area contributed by atoms with Gasteiger partial charge in [0.25, 0.3) is 0 Å².